The van der Waals surface area contributed by atoms with Gasteiger partial charge in [0.05, 0.1) is 6.61 Å². The topological polar surface area (TPSA) is 21.3 Å². The first-order valence-electron chi connectivity index (χ1n) is 6.24. The van der Waals surface area contributed by atoms with Crippen molar-refractivity contribution in [3.05, 3.63) is 21.4 Å². The molecule has 3 heteroatoms. The maximum absolute atomic E-state index is 5.02. The van der Waals surface area contributed by atoms with Crippen molar-refractivity contribution in [2.24, 2.45) is 0 Å². The zero-order valence-corrected chi connectivity index (χ0v) is 12.5. The third kappa shape index (κ3) is 4.41. The van der Waals surface area contributed by atoms with E-state index in [0.717, 1.165) is 26.1 Å². The van der Waals surface area contributed by atoms with Gasteiger partial charge in [0.15, 0.2) is 0 Å². The highest BCUT2D eigenvalue weighted by Gasteiger charge is 2.23. The van der Waals surface area contributed by atoms with Gasteiger partial charge in [-0.15, -0.1) is 11.3 Å². The van der Waals surface area contributed by atoms with Gasteiger partial charge in [-0.1, -0.05) is 13.8 Å². The molecule has 0 radical (unpaired) electrons. The van der Waals surface area contributed by atoms with Crippen LogP contribution in [0.4, 0.5) is 0 Å². The summed E-state index contributed by atoms with van der Waals surface area (Å²) >= 11 is 1.90. The normalized spacial score (nSPS) is 12.1. The lowest BCUT2D eigenvalue weighted by molar-refractivity contribution is 0.198. The molecule has 0 aliphatic heterocycles. The second kappa shape index (κ2) is 6.53. The number of thiophene rings is 1. The fourth-order valence-corrected chi connectivity index (χ4v) is 3.24. The molecule has 1 aromatic rings. The van der Waals surface area contributed by atoms with Crippen molar-refractivity contribution in [1.29, 1.82) is 0 Å². The molecule has 17 heavy (non-hydrogen) atoms. The summed E-state index contributed by atoms with van der Waals surface area (Å²) in [6.07, 6.45) is 1.16. The number of aryl methyl sites for hydroxylation is 2. The van der Waals surface area contributed by atoms with Gasteiger partial charge in [-0.3, -0.25) is 0 Å². The Hall–Kier alpha value is -0.380. The molecule has 0 bridgehead atoms. The summed E-state index contributed by atoms with van der Waals surface area (Å²) < 4.78 is 5.02. The average Bonchev–Trinajstić information content (AvgIpc) is 2.58. The third-order valence-electron chi connectivity index (χ3n) is 3.18. The van der Waals surface area contributed by atoms with Crippen molar-refractivity contribution in [3.63, 3.8) is 0 Å². The highest BCUT2D eigenvalue weighted by atomic mass is 32.1. The maximum atomic E-state index is 5.02. The van der Waals surface area contributed by atoms with Crippen LogP contribution in [0.1, 0.15) is 35.6 Å². The van der Waals surface area contributed by atoms with E-state index in [-0.39, 0.29) is 5.41 Å². The second-order valence-corrected chi connectivity index (χ2v) is 6.66. The number of methoxy groups -OCH3 is 1. The first-order valence-corrected chi connectivity index (χ1v) is 7.06. The quantitative estimate of drug-likeness (QED) is 0.755. The van der Waals surface area contributed by atoms with Gasteiger partial charge in [0.25, 0.3) is 0 Å². The average molecular weight is 255 g/mol. The Bertz CT molecular complexity index is 344. The van der Waals surface area contributed by atoms with Gasteiger partial charge in [-0.05, 0) is 43.9 Å². The second-order valence-electron chi connectivity index (χ2n) is 5.20. The molecule has 0 spiro atoms. The monoisotopic (exact) mass is 255 g/mol. The van der Waals surface area contributed by atoms with Crippen molar-refractivity contribution in [1.82, 2.24) is 5.32 Å². The Morgan fingerprint density at radius 3 is 2.53 bits per heavy atom. The van der Waals surface area contributed by atoms with Crippen molar-refractivity contribution in [2.75, 3.05) is 26.8 Å². The Morgan fingerprint density at radius 1 is 1.29 bits per heavy atom. The van der Waals surface area contributed by atoms with Crippen molar-refractivity contribution in [2.45, 2.75) is 39.5 Å². The van der Waals surface area contributed by atoms with Crippen LogP contribution in [-0.2, 0) is 10.2 Å². The summed E-state index contributed by atoms with van der Waals surface area (Å²) in [6, 6.07) is 2.34. The number of hydrogen-bond donors (Lipinski definition) is 1. The molecule has 2 nitrogen and oxygen atoms in total. The number of hydrogen-bond acceptors (Lipinski definition) is 3. The molecule has 0 atom stereocenters. The van der Waals surface area contributed by atoms with Gasteiger partial charge in [-0.25, -0.2) is 0 Å². The van der Waals surface area contributed by atoms with E-state index in [1.165, 1.54) is 15.3 Å². The Kier molecular flexibility index (Phi) is 5.63. The fourth-order valence-electron chi connectivity index (χ4n) is 2.14. The highest BCUT2D eigenvalue weighted by Crippen LogP contribution is 2.34. The first-order chi connectivity index (χ1) is 7.97. The van der Waals surface area contributed by atoms with E-state index < -0.39 is 0 Å². The van der Waals surface area contributed by atoms with Crippen LogP contribution >= 0.6 is 11.3 Å². The lowest BCUT2D eigenvalue weighted by atomic mass is 9.81. The predicted molar refractivity (Wildman–Crippen MR) is 76.2 cm³/mol. The highest BCUT2D eigenvalue weighted by molar-refractivity contribution is 7.12. The van der Waals surface area contributed by atoms with Crippen LogP contribution in [0.5, 0.6) is 0 Å². The van der Waals surface area contributed by atoms with Gasteiger partial charge in [0.1, 0.15) is 0 Å². The number of nitrogens with one attached hydrogen (secondary N) is 1. The Morgan fingerprint density at radius 2 is 2.00 bits per heavy atom. The summed E-state index contributed by atoms with van der Waals surface area (Å²) in [5, 5.41) is 3.42. The zero-order chi connectivity index (χ0) is 12.9. The van der Waals surface area contributed by atoms with E-state index in [4.69, 9.17) is 4.74 Å². The van der Waals surface area contributed by atoms with Crippen LogP contribution < -0.4 is 5.32 Å². The fraction of sp³-hybridized carbons (Fsp3) is 0.714. The smallest absolute Gasteiger partial charge is 0.0587 e. The number of ether oxygens (including phenoxy) is 1. The van der Waals surface area contributed by atoms with E-state index in [2.05, 4.69) is 39.1 Å². The van der Waals surface area contributed by atoms with Gasteiger partial charge < -0.3 is 10.1 Å². The van der Waals surface area contributed by atoms with Crippen molar-refractivity contribution < 1.29 is 4.74 Å². The molecule has 0 aliphatic carbocycles. The van der Waals surface area contributed by atoms with E-state index in [1.54, 1.807) is 7.11 Å². The molecule has 98 valence electrons. The zero-order valence-electron chi connectivity index (χ0n) is 11.7. The standard InChI is InChI=1S/C14H25NOS/c1-11-10-13(12(2)17-11)14(3,4)6-7-15-8-9-16-5/h10,15H,6-9H2,1-5H3. The van der Waals surface area contributed by atoms with Crippen LogP contribution in [0, 0.1) is 13.8 Å². The molecular weight excluding hydrogens is 230 g/mol. The summed E-state index contributed by atoms with van der Waals surface area (Å²) in [6.45, 7) is 11.9. The molecule has 1 aromatic heterocycles. The molecule has 0 saturated heterocycles. The molecule has 1 N–H and O–H groups in total. The van der Waals surface area contributed by atoms with E-state index in [0.29, 0.717) is 0 Å². The van der Waals surface area contributed by atoms with Crippen LogP contribution in [0.2, 0.25) is 0 Å². The molecule has 1 heterocycles. The minimum Gasteiger partial charge on any atom is -0.383 e. The van der Waals surface area contributed by atoms with Crippen LogP contribution in [0.3, 0.4) is 0 Å². The first kappa shape index (κ1) is 14.7. The summed E-state index contributed by atoms with van der Waals surface area (Å²) in [7, 11) is 1.74. The Labute approximate surface area is 109 Å². The van der Waals surface area contributed by atoms with Gasteiger partial charge in [-0.2, -0.15) is 0 Å². The van der Waals surface area contributed by atoms with Gasteiger partial charge in [0, 0.05) is 23.4 Å². The van der Waals surface area contributed by atoms with E-state index >= 15 is 0 Å². The van der Waals surface area contributed by atoms with E-state index in [1.807, 2.05) is 11.3 Å². The lowest BCUT2D eigenvalue weighted by Gasteiger charge is -2.25. The molecule has 1 rings (SSSR count). The van der Waals surface area contributed by atoms with Crippen molar-refractivity contribution in [3.8, 4) is 0 Å². The largest absolute Gasteiger partial charge is 0.383 e. The Balaban J connectivity index is 2.48. The number of rotatable bonds is 7. The van der Waals surface area contributed by atoms with Crippen LogP contribution in [0.25, 0.3) is 0 Å². The molecule has 0 saturated carbocycles. The molecule has 0 aromatic carbocycles. The van der Waals surface area contributed by atoms with E-state index in [9.17, 15) is 0 Å². The summed E-state index contributed by atoms with van der Waals surface area (Å²) in [4.78, 5) is 2.88. The molecule has 0 unspecified atom stereocenters. The third-order valence-corrected chi connectivity index (χ3v) is 4.15. The van der Waals surface area contributed by atoms with Crippen LogP contribution in [0.15, 0.2) is 6.07 Å². The summed E-state index contributed by atoms with van der Waals surface area (Å²) in [5.74, 6) is 0. The molecule has 0 aliphatic rings. The molecule has 0 amide bonds. The van der Waals surface area contributed by atoms with Gasteiger partial charge >= 0.3 is 0 Å². The SMILES string of the molecule is COCCNCCC(C)(C)c1cc(C)sc1C. The molecular formula is C14H25NOS. The van der Waals surface area contributed by atoms with Crippen molar-refractivity contribution >= 4 is 11.3 Å². The minimum absolute atomic E-state index is 0.259. The maximum Gasteiger partial charge on any atom is 0.0587 e. The van der Waals surface area contributed by atoms with Gasteiger partial charge in [0.2, 0.25) is 0 Å². The minimum atomic E-state index is 0.259. The predicted octanol–water partition coefficient (Wildman–Crippen LogP) is 3.27. The van der Waals surface area contributed by atoms with Crippen LogP contribution in [-0.4, -0.2) is 26.8 Å². The summed E-state index contributed by atoms with van der Waals surface area (Å²) in [5.41, 5.74) is 1.77. The molecule has 0 fully saturated rings. The lowest BCUT2D eigenvalue weighted by Crippen LogP contribution is -2.27.